The van der Waals surface area contributed by atoms with Crippen LogP contribution in [0.25, 0.3) is 21.5 Å². The van der Waals surface area contributed by atoms with E-state index in [1.165, 1.54) is 0 Å². The molecule has 0 saturated heterocycles. The van der Waals surface area contributed by atoms with Crippen LogP contribution in [0.4, 0.5) is 0 Å². The minimum Gasteiger partial charge on any atom is -0.481 e. The predicted molar refractivity (Wildman–Crippen MR) is 76.8 cm³/mol. The average molecular weight is 272 g/mol. The van der Waals surface area contributed by atoms with Crippen LogP contribution >= 0.6 is 11.3 Å². The predicted octanol–water partition coefficient (Wildman–Crippen LogP) is 2.67. The maximum atomic E-state index is 12.3. The van der Waals surface area contributed by atoms with Gasteiger partial charge in [0.05, 0.1) is 23.7 Å². The smallest absolute Gasteiger partial charge is 0.259 e. The molecule has 0 amide bonds. The van der Waals surface area contributed by atoms with Gasteiger partial charge in [0.15, 0.2) is 0 Å². The van der Waals surface area contributed by atoms with E-state index in [4.69, 9.17) is 4.74 Å². The summed E-state index contributed by atoms with van der Waals surface area (Å²) in [5.74, 6) is 0.545. The molecule has 0 bridgehead atoms. The molecule has 0 spiro atoms. The molecule has 4 nitrogen and oxygen atoms in total. The number of pyridine rings is 2. The highest BCUT2D eigenvalue weighted by atomic mass is 32.1. The molecule has 19 heavy (non-hydrogen) atoms. The Kier molecular flexibility index (Phi) is 2.83. The molecule has 3 aromatic heterocycles. The number of thiophene rings is 1. The molecule has 3 rings (SSSR count). The fourth-order valence-electron chi connectivity index (χ4n) is 2.05. The van der Waals surface area contributed by atoms with Crippen LogP contribution in [0.3, 0.4) is 0 Å². The standard InChI is InChI=1S/C14H12N2O2S/c1-16-11-5-6-13(18-2)15-10(11)8-9(14(16)17)12-4-3-7-19-12/h3-8H,1-2H3. The van der Waals surface area contributed by atoms with Crippen LogP contribution in [-0.2, 0) is 7.05 Å². The lowest BCUT2D eigenvalue weighted by Gasteiger charge is -2.08. The Hall–Kier alpha value is -2.14. The monoisotopic (exact) mass is 272 g/mol. The highest BCUT2D eigenvalue weighted by Crippen LogP contribution is 2.24. The SMILES string of the molecule is COc1ccc2c(cc(-c3cccs3)c(=O)n2C)n1. The van der Waals surface area contributed by atoms with Crippen LogP contribution in [0.15, 0.2) is 40.5 Å². The van der Waals surface area contributed by atoms with E-state index in [0.717, 1.165) is 15.9 Å². The van der Waals surface area contributed by atoms with E-state index in [1.54, 1.807) is 36.1 Å². The molecule has 0 aliphatic heterocycles. The molecule has 0 aliphatic carbocycles. The van der Waals surface area contributed by atoms with Gasteiger partial charge in [-0.15, -0.1) is 11.3 Å². The molecule has 0 unspecified atom stereocenters. The zero-order valence-electron chi connectivity index (χ0n) is 10.6. The van der Waals surface area contributed by atoms with Gasteiger partial charge in [-0.05, 0) is 23.6 Å². The van der Waals surface area contributed by atoms with E-state index >= 15 is 0 Å². The maximum Gasteiger partial charge on any atom is 0.259 e. The normalized spacial score (nSPS) is 10.8. The van der Waals surface area contributed by atoms with Crippen LogP contribution < -0.4 is 10.3 Å². The number of hydrogen-bond donors (Lipinski definition) is 0. The van der Waals surface area contributed by atoms with E-state index in [-0.39, 0.29) is 5.56 Å². The van der Waals surface area contributed by atoms with Crippen molar-refractivity contribution in [2.45, 2.75) is 0 Å². The van der Waals surface area contributed by atoms with Gasteiger partial charge in [0.25, 0.3) is 5.56 Å². The largest absolute Gasteiger partial charge is 0.481 e. The van der Waals surface area contributed by atoms with E-state index in [0.29, 0.717) is 11.4 Å². The Labute approximate surface area is 113 Å². The van der Waals surface area contributed by atoms with Gasteiger partial charge in [-0.25, -0.2) is 4.98 Å². The molecule has 3 heterocycles. The number of methoxy groups -OCH3 is 1. The fraction of sp³-hybridized carbons (Fsp3) is 0.143. The highest BCUT2D eigenvalue weighted by molar-refractivity contribution is 7.13. The molecule has 96 valence electrons. The molecule has 0 radical (unpaired) electrons. The van der Waals surface area contributed by atoms with Gasteiger partial charge in [0.1, 0.15) is 0 Å². The number of ether oxygens (including phenoxy) is 1. The topological polar surface area (TPSA) is 44.1 Å². The van der Waals surface area contributed by atoms with Crippen molar-refractivity contribution in [2.75, 3.05) is 7.11 Å². The van der Waals surface area contributed by atoms with Crippen molar-refractivity contribution in [3.05, 3.63) is 46.1 Å². The van der Waals surface area contributed by atoms with Crippen LogP contribution in [0.1, 0.15) is 0 Å². The second kappa shape index (κ2) is 4.51. The van der Waals surface area contributed by atoms with Crippen LogP contribution in [0.5, 0.6) is 5.88 Å². The molecular weight excluding hydrogens is 260 g/mol. The minimum atomic E-state index is -0.0121. The molecule has 5 heteroatoms. The van der Waals surface area contributed by atoms with Crippen molar-refractivity contribution in [3.63, 3.8) is 0 Å². The van der Waals surface area contributed by atoms with Gasteiger partial charge in [0, 0.05) is 18.0 Å². The quantitative estimate of drug-likeness (QED) is 0.720. The van der Waals surface area contributed by atoms with Gasteiger partial charge >= 0.3 is 0 Å². The van der Waals surface area contributed by atoms with Crippen molar-refractivity contribution in [3.8, 4) is 16.3 Å². The van der Waals surface area contributed by atoms with Crippen molar-refractivity contribution in [1.82, 2.24) is 9.55 Å². The first-order valence-electron chi connectivity index (χ1n) is 5.79. The summed E-state index contributed by atoms with van der Waals surface area (Å²) >= 11 is 1.55. The Morgan fingerprint density at radius 2 is 2.16 bits per heavy atom. The van der Waals surface area contributed by atoms with Crippen molar-refractivity contribution < 1.29 is 4.74 Å². The lowest BCUT2D eigenvalue weighted by atomic mass is 10.2. The van der Waals surface area contributed by atoms with E-state index in [1.807, 2.05) is 29.6 Å². The number of aromatic nitrogens is 2. The van der Waals surface area contributed by atoms with E-state index in [9.17, 15) is 4.79 Å². The Morgan fingerprint density at radius 3 is 2.84 bits per heavy atom. The Morgan fingerprint density at radius 1 is 1.32 bits per heavy atom. The second-order valence-electron chi connectivity index (χ2n) is 4.16. The number of aryl methyl sites for hydroxylation is 1. The lowest BCUT2D eigenvalue weighted by Crippen LogP contribution is -2.18. The molecule has 0 N–H and O–H groups in total. The number of nitrogens with zero attached hydrogens (tertiary/aromatic N) is 2. The summed E-state index contributed by atoms with van der Waals surface area (Å²) in [6, 6.07) is 9.30. The molecule has 0 aliphatic rings. The Balaban J connectivity index is 2.35. The van der Waals surface area contributed by atoms with Gasteiger partial charge in [-0.3, -0.25) is 4.79 Å². The van der Waals surface area contributed by atoms with Gasteiger partial charge < -0.3 is 9.30 Å². The summed E-state index contributed by atoms with van der Waals surface area (Å²) < 4.78 is 6.75. The zero-order valence-corrected chi connectivity index (χ0v) is 11.4. The number of fused-ring (bicyclic) bond motifs is 1. The molecule has 0 fully saturated rings. The first-order valence-corrected chi connectivity index (χ1v) is 6.67. The molecule has 0 aromatic carbocycles. The molecule has 0 saturated carbocycles. The molecular formula is C14H12N2O2S. The molecule has 3 aromatic rings. The third kappa shape index (κ3) is 1.92. The first kappa shape index (κ1) is 11.9. The third-order valence-electron chi connectivity index (χ3n) is 3.05. The summed E-state index contributed by atoms with van der Waals surface area (Å²) in [4.78, 5) is 17.7. The zero-order chi connectivity index (χ0) is 13.4. The van der Waals surface area contributed by atoms with Gasteiger partial charge in [-0.1, -0.05) is 6.07 Å². The van der Waals surface area contributed by atoms with Gasteiger partial charge in [0.2, 0.25) is 5.88 Å². The molecule has 0 atom stereocenters. The maximum absolute atomic E-state index is 12.3. The second-order valence-corrected chi connectivity index (χ2v) is 5.11. The summed E-state index contributed by atoms with van der Waals surface area (Å²) in [6.07, 6.45) is 0. The van der Waals surface area contributed by atoms with Crippen LogP contribution in [0, 0.1) is 0 Å². The fourth-order valence-corrected chi connectivity index (χ4v) is 2.78. The van der Waals surface area contributed by atoms with E-state index < -0.39 is 0 Å². The lowest BCUT2D eigenvalue weighted by molar-refractivity contribution is 0.399. The van der Waals surface area contributed by atoms with Gasteiger partial charge in [-0.2, -0.15) is 0 Å². The summed E-state index contributed by atoms with van der Waals surface area (Å²) in [5.41, 5.74) is 2.21. The summed E-state index contributed by atoms with van der Waals surface area (Å²) in [7, 11) is 3.34. The van der Waals surface area contributed by atoms with Crippen LogP contribution in [-0.4, -0.2) is 16.7 Å². The highest BCUT2D eigenvalue weighted by Gasteiger charge is 2.11. The Bertz CT molecular complexity index is 791. The average Bonchev–Trinajstić information content (AvgIpc) is 2.96. The number of hydrogen-bond acceptors (Lipinski definition) is 4. The first-order chi connectivity index (χ1) is 9.20. The summed E-state index contributed by atoms with van der Waals surface area (Å²) in [6.45, 7) is 0. The summed E-state index contributed by atoms with van der Waals surface area (Å²) in [5, 5.41) is 1.96. The minimum absolute atomic E-state index is 0.0121. The van der Waals surface area contributed by atoms with Crippen molar-refractivity contribution in [2.24, 2.45) is 7.05 Å². The van der Waals surface area contributed by atoms with Crippen molar-refractivity contribution >= 4 is 22.4 Å². The van der Waals surface area contributed by atoms with Crippen molar-refractivity contribution in [1.29, 1.82) is 0 Å². The van der Waals surface area contributed by atoms with Crippen LogP contribution in [0.2, 0.25) is 0 Å². The third-order valence-corrected chi connectivity index (χ3v) is 3.95. The van der Waals surface area contributed by atoms with E-state index in [2.05, 4.69) is 4.98 Å². The number of rotatable bonds is 2.